The first-order valence-corrected chi connectivity index (χ1v) is 9.71. The van der Waals surface area contributed by atoms with Crippen LogP contribution in [-0.4, -0.2) is 55.9 Å². The summed E-state index contributed by atoms with van der Waals surface area (Å²) >= 11 is 0. The average Bonchev–Trinajstić information content (AvgIpc) is 3.16. The monoisotopic (exact) mass is 473 g/mol. The lowest BCUT2D eigenvalue weighted by molar-refractivity contribution is 0.106. The van der Waals surface area contributed by atoms with E-state index < -0.39 is 0 Å². The van der Waals surface area contributed by atoms with Crippen LogP contribution in [0.15, 0.2) is 35.3 Å². The molecule has 146 valence electrons. The Labute approximate surface area is 174 Å². The van der Waals surface area contributed by atoms with Crippen LogP contribution in [0, 0.1) is 0 Å². The molecular weight excluding hydrogens is 441 g/mol. The quantitative estimate of drug-likeness (QED) is 0.389. The van der Waals surface area contributed by atoms with Crippen LogP contribution in [-0.2, 0) is 4.74 Å². The smallest absolute Gasteiger partial charge is 0.193 e. The summed E-state index contributed by atoms with van der Waals surface area (Å²) < 4.78 is 11.8. The van der Waals surface area contributed by atoms with Gasteiger partial charge in [0.05, 0.1) is 6.10 Å². The highest BCUT2D eigenvalue weighted by atomic mass is 127. The Morgan fingerprint density at radius 1 is 1.23 bits per heavy atom. The molecule has 2 aliphatic heterocycles. The van der Waals surface area contributed by atoms with E-state index in [0.717, 1.165) is 63.8 Å². The molecule has 1 unspecified atom stereocenters. The topological polar surface area (TPSA) is 46.1 Å². The van der Waals surface area contributed by atoms with Crippen LogP contribution >= 0.6 is 24.0 Å². The van der Waals surface area contributed by atoms with Gasteiger partial charge < -0.3 is 19.7 Å². The number of para-hydroxylation sites is 1. The molecule has 1 aromatic carbocycles. The highest BCUT2D eigenvalue weighted by Gasteiger charge is 2.23. The molecule has 0 amide bonds. The van der Waals surface area contributed by atoms with Gasteiger partial charge in [-0.05, 0) is 38.3 Å². The van der Waals surface area contributed by atoms with Crippen molar-refractivity contribution in [2.75, 3.05) is 32.8 Å². The van der Waals surface area contributed by atoms with Crippen molar-refractivity contribution in [3.05, 3.63) is 30.3 Å². The number of hydrogen-bond donors (Lipinski definition) is 1. The lowest BCUT2D eigenvalue weighted by atomic mass is 10.1. The Hall–Kier alpha value is -1.02. The molecule has 2 heterocycles. The van der Waals surface area contributed by atoms with E-state index in [1.165, 1.54) is 12.8 Å². The summed E-state index contributed by atoms with van der Waals surface area (Å²) in [5.74, 6) is 2.01. The second kappa shape index (κ2) is 11.6. The SMILES string of the molecule is CCNC(=NCCC1CCCO1)N1CCC(Oc2ccccc2)CC1.I. The molecule has 5 nitrogen and oxygen atoms in total. The van der Waals surface area contributed by atoms with Crippen molar-refractivity contribution in [1.29, 1.82) is 0 Å². The van der Waals surface area contributed by atoms with E-state index in [1.807, 2.05) is 30.3 Å². The van der Waals surface area contributed by atoms with Crippen LogP contribution < -0.4 is 10.1 Å². The molecule has 1 atom stereocenters. The van der Waals surface area contributed by atoms with Crippen LogP contribution in [0.2, 0.25) is 0 Å². The van der Waals surface area contributed by atoms with E-state index in [2.05, 4.69) is 17.1 Å². The fourth-order valence-corrected chi connectivity index (χ4v) is 3.49. The summed E-state index contributed by atoms with van der Waals surface area (Å²) in [5.41, 5.74) is 0. The molecule has 0 aromatic heterocycles. The Bertz CT molecular complexity index is 527. The third-order valence-corrected chi connectivity index (χ3v) is 4.86. The molecule has 2 fully saturated rings. The van der Waals surface area contributed by atoms with Crippen LogP contribution in [0.4, 0.5) is 0 Å². The van der Waals surface area contributed by atoms with Crippen LogP contribution in [0.3, 0.4) is 0 Å². The Morgan fingerprint density at radius 2 is 2.00 bits per heavy atom. The Balaban J connectivity index is 0.00000243. The largest absolute Gasteiger partial charge is 0.490 e. The molecule has 1 aromatic rings. The van der Waals surface area contributed by atoms with Gasteiger partial charge >= 0.3 is 0 Å². The van der Waals surface area contributed by atoms with Gasteiger partial charge in [0.1, 0.15) is 11.9 Å². The minimum absolute atomic E-state index is 0. The zero-order valence-electron chi connectivity index (χ0n) is 15.7. The van der Waals surface area contributed by atoms with Crippen LogP contribution in [0.25, 0.3) is 0 Å². The number of hydrogen-bond acceptors (Lipinski definition) is 3. The number of piperidine rings is 1. The molecule has 2 aliphatic rings. The van der Waals surface area contributed by atoms with E-state index in [9.17, 15) is 0 Å². The zero-order chi connectivity index (χ0) is 17.3. The van der Waals surface area contributed by atoms with Crippen molar-refractivity contribution in [3.8, 4) is 5.75 Å². The number of rotatable bonds is 6. The van der Waals surface area contributed by atoms with Gasteiger partial charge in [0.2, 0.25) is 0 Å². The summed E-state index contributed by atoms with van der Waals surface area (Å²) in [6.07, 6.45) is 6.20. The number of guanidine groups is 1. The lowest BCUT2D eigenvalue weighted by Gasteiger charge is -2.34. The van der Waals surface area contributed by atoms with Gasteiger partial charge in [-0.25, -0.2) is 0 Å². The minimum atomic E-state index is 0. The number of aliphatic imine (C=N–C) groups is 1. The Morgan fingerprint density at radius 3 is 2.65 bits per heavy atom. The first-order valence-electron chi connectivity index (χ1n) is 9.71. The van der Waals surface area contributed by atoms with Crippen molar-refractivity contribution < 1.29 is 9.47 Å². The first kappa shape index (κ1) is 21.3. The summed E-state index contributed by atoms with van der Waals surface area (Å²) in [6.45, 7) is 6.77. The summed E-state index contributed by atoms with van der Waals surface area (Å²) in [7, 11) is 0. The summed E-state index contributed by atoms with van der Waals surface area (Å²) in [5, 5.41) is 3.44. The third kappa shape index (κ3) is 6.61. The molecule has 0 aliphatic carbocycles. The van der Waals surface area contributed by atoms with E-state index in [1.54, 1.807) is 0 Å². The van der Waals surface area contributed by atoms with Crippen molar-refractivity contribution in [1.82, 2.24) is 10.2 Å². The van der Waals surface area contributed by atoms with Gasteiger partial charge in [0.15, 0.2) is 5.96 Å². The van der Waals surface area contributed by atoms with Crippen molar-refractivity contribution in [2.24, 2.45) is 4.99 Å². The molecule has 0 radical (unpaired) electrons. The number of nitrogens with zero attached hydrogens (tertiary/aromatic N) is 2. The molecule has 2 saturated heterocycles. The first-order chi connectivity index (χ1) is 12.3. The maximum absolute atomic E-state index is 6.09. The number of likely N-dealkylation sites (tertiary alicyclic amines) is 1. The van der Waals surface area contributed by atoms with Gasteiger partial charge in [0, 0.05) is 45.6 Å². The molecular formula is C20H32IN3O2. The highest BCUT2D eigenvalue weighted by Crippen LogP contribution is 2.19. The van der Waals surface area contributed by atoms with E-state index in [0.29, 0.717) is 12.2 Å². The molecule has 0 spiro atoms. The second-order valence-electron chi connectivity index (χ2n) is 6.78. The molecule has 0 saturated carbocycles. The number of nitrogens with one attached hydrogen (secondary N) is 1. The van der Waals surface area contributed by atoms with Crippen molar-refractivity contribution in [2.45, 2.75) is 51.2 Å². The van der Waals surface area contributed by atoms with E-state index >= 15 is 0 Å². The van der Waals surface area contributed by atoms with Crippen LogP contribution in [0.5, 0.6) is 5.75 Å². The molecule has 6 heteroatoms. The molecule has 0 bridgehead atoms. The second-order valence-corrected chi connectivity index (χ2v) is 6.78. The molecule has 1 N–H and O–H groups in total. The number of ether oxygens (including phenoxy) is 2. The fourth-order valence-electron chi connectivity index (χ4n) is 3.49. The van der Waals surface area contributed by atoms with Crippen molar-refractivity contribution in [3.63, 3.8) is 0 Å². The van der Waals surface area contributed by atoms with Crippen LogP contribution in [0.1, 0.15) is 39.0 Å². The van der Waals surface area contributed by atoms with Gasteiger partial charge in [-0.3, -0.25) is 4.99 Å². The van der Waals surface area contributed by atoms with Crippen molar-refractivity contribution >= 4 is 29.9 Å². The molecule has 3 rings (SSSR count). The third-order valence-electron chi connectivity index (χ3n) is 4.86. The fraction of sp³-hybridized carbons (Fsp3) is 0.650. The predicted molar refractivity (Wildman–Crippen MR) is 117 cm³/mol. The summed E-state index contributed by atoms with van der Waals surface area (Å²) in [4.78, 5) is 7.19. The predicted octanol–water partition coefficient (Wildman–Crippen LogP) is 3.68. The van der Waals surface area contributed by atoms with Gasteiger partial charge in [-0.15, -0.1) is 24.0 Å². The highest BCUT2D eigenvalue weighted by molar-refractivity contribution is 14.0. The number of benzene rings is 1. The lowest BCUT2D eigenvalue weighted by Crippen LogP contribution is -2.47. The van der Waals surface area contributed by atoms with Gasteiger partial charge in [0.25, 0.3) is 0 Å². The summed E-state index contributed by atoms with van der Waals surface area (Å²) in [6, 6.07) is 10.1. The minimum Gasteiger partial charge on any atom is -0.490 e. The maximum Gasteiger partial charge on any atom is 0.193 e. The van der Waals surface area contributed by atoms with Gasteiger partial charge in [-0.2, -0.15) is 0 Å². The Kier molecular flexibility index (Phi) is 9.53. The molecule has 26 heavy (non-hydrogen) atoms. The standard InChI is InChI=1S/C20H31N3O2.HI/c1-2-21-20(22-13-10-17-9-6-16-24-17)23-14-11-19(12-15-23)25-18-7-4-3-5-8-18;/h3-5,7-8,17,19H,2,6,9-16H2,1H3,(H,21,22);1H. The normalized spacial score (nSPS) is 21.3. The van der Waals surface area contributed by atoms with E-state index in [4.69, 9.17) is 14.5 Å². The average molecular weight is 473 g/mol. The van der Waals surface area contributed by atoms with Gasteiger partial charge in [-0.1, -0.05) is 18.2 Å². The zero-order valence-corrected chi connectivity index (χ0v) is 18.1. The number of halogens is 1. The van der Waals surface area contributed by atoms with E-state index in [-0.39, 0.29) is 24.0 Å². The maximum atomic E-state index is 6.09.